The van der Waals surface area contributed by atoms with E-state index in [1.54, 1.807) is 0 Å². The smallest absolute Gasteiger partial charge is 0.0699 e. The normalized spacial score (nSPS) is 12.7. The number of benzene rings is 3. The van der Waals surface area contributed by atoms with E-state index in [9.17, 15) is 0 Å². The Morgan fingerprint density at radius 2 is 1.12 bits per heavy atom. The van der Waals surface area contributed by atoms with Gasteiger partial charge in [-0.2, -0.15) is 0 Å². The monoisotopic (exact) mass is 342 g/mol. The molecule has 0 bridgehead atoms. The molecule has 0 saturated carbocycles. The lowest BCUT2D eigenvalue weighted by Crippen LogP contribution is -2.27. The highest BCUT2D eigenvalue weighted by molar-refractivity contribution is 5.97. The molecule has 2 nitrogen and oxygen atoms in total. The lowest BCUT2D eigenvalue weighted by molar-refractivity contribution is 0.667. The summed E-state index contributed by atoms with van der Waals surface area (Å²) in [4.78, 5) is 4.88. The van der Waals surface area contributed by atoms with E-state index in [2.05, 4.69) is 95.6 Å². The number of para-hydroxylation sites is 5. The molecule has 0 N–H and O–H groups in total. The number of hydrogen-bond donors (Lipinski definition) is 0. The maximum absolute atomic E-state index is 2.50. The number of anilines is 5. The average Bonchev–Trinajstić information content (AvgIpc) is 2.71. The van der Waals surface area contributed by atoms with Crippen molar-refractivity contribution < 1.29 is 0 Å². The lowest BCUT2D eigenvalue weighted by atomic mass is 10.0. The molecule has 4 rings (SSSR count). The van der Waals surface area contributed by atoms with Crippen LogP contribution in [0.25, 0.3) is 0 Å². The Labute approximate surface area is 156 Å². The van der Waals surface area contributed by atoms with Crippen LogP contribution in [0.15, 0.2) is 78.9 Å². The van der Waals surface area contributed by atoms with E-state index in [1.165, 1.54) is 54.1 Å². The second-order valence-electron chi connectivity index (χ2n) is 6.86. The Hall–Kier alpha value is -2.74. The number of unbranched alkanes of at least 4 members (excludes halogenated alkanes) is 3. The van der Waals surface area contributed by atoms with Gasteiger partial charge in [0.2, 0.25) is 0 Å². The summed E-state index contributed by atoms with van der Waals surface area (Å²) in [6.45, 7) is 3.33. The number of hydrogen-bond acceptors (Lipinski definition) is 2. The van der Waals surface area contributed by atoms with Crippen molar-refractivity contribution >= 4 is 28.4 Å². The fourth-order valence-corrected chi connectivity index (χ4v) is 3.82. The van der Waals surface area contributed by atoms with Crippen molar-refractivity contribution in [3.8, 4) is 0 Å². The third kappa shape index (κ3) is 3.08. The quantitative estimate of drug-likeness (QED) is 0.437. The van der Waals surface area contributed by atoms with Crippen LogP contribution in [0.4, 0.5) is 28.4 Å². The van der Waals surface area contributed by atoms with Crippen LogP contribution in [0, 0.1) is 0 Å². The van der Waals surface area contributed by atoms with Gasteiger partial charge in [-0.15, -0.1) is 0 Å². The van der Waals surface area contributed by atoms with Crippen molar-refractivity contribution in [3.05, 3.63) is 78.9 Å². The molecule has 0 aromatic heterocycles. The molecule has 0 fully saturated rings. The molecular weight excluding hydrogens is 316 g/mol. The van der Waals surface area contributed by atoms with Gasteiger partial charge >= 0.3 is 0 Å². The van der Waals surface area contributed by atoms with Crippen LogP contribution >= 0.6 is 0 Å². The fraction of sp³-hybridized carbons (Fsp3) is 0.250. The molecule has 26 heavy (non-hydrogen) atoms. The molecule has 2 heteroatoms. The van der Waals surface area contributed by atoms with Gasteiger partial charge in [0.05, 0.1) is 22.7 Å². The maximum atomic E-state index is 2.50. The zero-order chi connectivity index (χ0) is 17.8. The first-order chi connectivity index (χ1) is 12.9. The molecule has 0 atom stereocenters. The standard InChI is InChI=1S/C24H26N2/c1-2-3-4-12-19-25-21-15-8-10-17-23(21)26(20-13-6-5-7-14-20)24-18-11-9-16-22(24)25/h5-11,13-18H,2-4,12,19H2,1H3. The highest BCUT2D eigenvalue weighted by atomic mass is 15.3. The second-order valence-corrected chi connectivity index (χ2v) is 6.86. The summed E-state index contributed by atoms with van der Waals surface area (Å²) in [6, 6.07) is 28.2. The average molecular weight is 342 g/mol. The summed E-state index contributed by atoms with van der Waals surface area (Å²) in [5.41, 5.74) is 6.32. The minimum Gasteiger partial charge on any atom is -0.338 e. The van der Waals surface area contributed by atoms with E-state index in [1.807, 2.05) is 0 Å². The van der Waals surface area contributed by atoms with Crippen LogP contribution in [-0.2, 0) is 0 Å². The fourth-order valence-electron chi connectivity index (χ4n) is 3.82. The zero-order valence-electron chi connectivity index (χ0n) is 15.4. The van der Waals surface area contributed by atoms with Gasteiger partial charge < -0.3 is 9.80 Å². The topological polar surface area (TPSA) is 6.48 Å². The Kier molecular flexibility index (Phi) is 4.92. The Morgan fingerprint density at radius 1 is 0.577 bits per heavy atom. The van der Waals surface area contributed by atoms with Gasteiger partial charge in [-0.1, -0.05) is 68.7 Å². The predicted octanol–water partition coefficient (Wildman–Crippen LogP) is 7.19. The van der Waals surface area contributed by atoms with E-state index in [4.69, 9.17) is 0 Å². The molecule has 0 saturated heterocycles. The van der Waals surface area contributed by atoms with Gasteiger partial charge in [0.1, 0.15) is 0 Å². The van der Waals surface area contributed by atoms with Gasteiger partial charge in [-0.05, 0) is 42.8 Å². The summed E-state index contributed by atoms with van der Waals surface area (Å²) in [5.74, 6) is 0. The summed E-state index contributed by atoms with van der Waals surface area (Å²) >= 11 is 0. The van der Waals surface area contributed by atoms with Crippen LogP contribution in [0.3, 0.4) is 0 Å². The highest BCUT2D eigenvalue weighted by Crippen LogP contribution is 2.50. The van der Waals surface area contributed by atoms with Gasteiger partial charge in [0.15, 0.2) is 0 Å². The molecule has 3 aromatic rings. The van der Waals surface area contributed by atoms with E-state index in [-0.39, 0.29) is 0 Å². The molecule has 0 radical (unpaired) electrons. The summed E-state index contributed by atoms with van der Waals surface area (Å²) in [5, 5.41) is 0. The zero-order valence-corrected chi connectivity index (χ0v) is 15.4. The minimum absolute atomic E-state index is 1.07. The summed E-state index contributed by atoms with van der Waals surface area (Å²) in [6.07, 6.45) is 5.10. The lowest BCUT2D eigenvalue weighted by Gasteiger charge is -2.40. The maximum Gasteiger partial charge on any atom is 0.0699 e. The highest BCUT2D eigenvalue weighted by Gasteiger charge is 2.28. The first-order valence-corrected chi connectivity index (χ1v) is 9.71. The summed E-state index contributed by atoms with van der Waals surface area (Å²) in [7, 11) is 0. The van der Waals surface area contributed by atoms with Crippen molar-refractivity contribution in [3.63, 3.8) is 0 Å². The van der Waals surface area contributed by atoms with Gasteiger partial charge in [-0.25, -0.2) is 0 Å². The van der Waals surface area contributed by atoms with Crippen molar-refractivity contribution in [1.82, 2.24) is 0 Å². The van der Waals surface area contributed by atoms with Crippen LogP contribution in [-0.4, -0.2) is 6.54 Å². The van der Waals surface area contributed by atoms with E-state index in [0.717, 1.165) is 6.54 Å². The number of rotatable bonds is 6. The first-order valence-electron chi connectivity index (χ1n) is 9.71. The number of fused-ring (bicyclic) bond motifs is 2. The van der Waals surface area contributed by atoms with E-state index in [0.29, 0.717) is 0 Å². The molecule has 1 aliphatic heterocycles. The SMILES string of the molecule is CCCCCCN1c2ccccc2N(c2ccccc2)c2ccccc21. The third-order valence-electron chi connectivity index (χ3n) is 5.08. The minimum atomic E-state index is 1.07. The molecule has 0 unspecified atom stereocenters. The molecule has 132 valence electrons. The molecule has 0 spiro atoms. The van der Waals surface area contributed by atoms with Crippen molar-refractivity contribution in [1.29, 1.82) is 0 Å². The van der Waals surface area contributed by atoms with Gasteiger partial charge in [-0.3, -0.25) is 0 Å². The van der Waals surface area contributed by atoms with Crippen LogP contribution < -0.4 is 9.80 Å². The predicted molar refractivity (Wildman–Crippen MR) is 112 cm³/mol. The largest absolute Gasteiger partial charge is 0.338 e. The molecule has 0 amide bonds. The van der Waals surface area contributed by atoms with Crippen molar-refractivity contribution in [2.24, 2.45) is 0 Å². The summed E-state index contributed by atoms with van der Waals surface area (Å²) < 4.78 is 0. The van der Waals surface area contributed by atoms with Crippen molar-refractivity contribution in [2.45, 2.75) is 32.6 Å². The molecule has 0 aliphatic carbocycles. The molecule has 1 aliphatic rings. The second kappa shape index (κ2) is 7.65. The molecular formula is C24H26N2. The Bertz CT molecular complexity index is 809. The van der Waals surface area contributed by atoms with Crippen LogP contribution in [0.1, 0.15) is 32.6 Å². The molecule has 3 aromatic carbocycles. The Morgan fingerprint density at radius 3 is 1.69 bits per heavy atom. The van der Waals surface area contributed by atoms with Crippen LogP contribution in [0.2, 0.25) is 0 Å². The number of nitrogens with zero attached hydrogens (tertiary/aromatic N) is 2. The van der Waals surface area contributed by atoms with Crippen LogP contribution in [0.5, 0.6) is 0 Å². The van der Waals surface area contributed by atoms with Gasteiger partial charge in [0, 0.05) is 12.2 Å². The van der Waals surface area contributed by atoms with Gasteiger partial charge in [0.25, 0.3) is 0 Å². The third-order valence-corrected chi connectivity index (χ3v) is 5.08. The van der Waals surface area contributed by atoms with Crippen molar-refractivity contribution in [2.75, 3.05) is 16.3 Å². The van der Waals surface area contributed by atoms with E-state index >= 15 is 0 Å². The van der Waals surface area contributed by atoms with E-state index < -0.39 is 0 Å². The first kappa shape index (κ1) is 16.7. The Balaban J connectivity index is 1.79. The molecule has 1 heterocycles.